The van der Waals surface area contributed by atoms with E-state index in [1.807, 2.05) is 6.07 Å². The second-order valence-electron chi connectivity index (χ2n) is 3.83. The van der Waals surface area contributed by atoms with Crippen LogP contribution in [0.1, 0.15) is 5.56 Å². The fourth-order valence-electron chi connectivity index (χ4n) is 1.36. The predicted octanol–water partition coefficient (Wildman–Crippen LogP) is -0.536. The van der Waals surface area contributed by atoms with E-state index in [0.29, 0.717) is 0 Å². The third-order valence-electron chi connectivity index (χ3n) is 2.27. The van der Waals surface area contributed by atoms with Gasteiger partial charge in [0.2, 0.25) is 10.0 Å². The number of nitrogens with two attached hydrogens (primary N) is 1. The van der Waals surface area contributed by atoms with Crippen molar-refractivity contribution < 1.29 is 18.4 Å². The molecule has 0 saturated heterocycles. The van der Waals surface area contributed by atoms with Crippen molar-refractivity contribution in [2.45, 2.75) is 6.42 Å². The third kappa shape index (κ3) is 5.98. The minimum atomic E-state index is -3.63. The number of nitrogens with zero attached hydrogens (tertiary/aromatic N) is 1. The van der Waals surface area contributed by atoms with Crippen LogP contribution in [-0.2, 0) is 21.2 Å². The zero-order valence-electron chi connectivity index (χ0n) is 10.1. The van der Waals surface area contributed by atoms with E-state index >= 15 is 0 Å². The molecule has 0 bridgehead atoms. The highest BCUT2D eigenvalue weighted by Gasteiger charge is 2.13. The number of carbonyl (C=O) groups excluding carboxylic acids is 1. The monoisotopic (exact) mass is 285 g/mol. The Morgan fingerprint density at radius 3 is 2.47 bits per heavy atom. The van der Waals surface area contributed by atoms with E-state index in [4.69, 9.17) is 10.3 Å². The molecule has 0 unspecified atom stereocenters. The Hall–Kier alpha value is -1.93. The lowest BCUT2D eigenvalue weighted by molar-refractivity contribution is -0.114. The Bertz CT molecular complexity index is 555. The Kier molecular flexibility index (Phi) is 5.46. The van der Waals surface area contributed by atoms with Gasteiger partial charge in [0.05, 0.1) is 5.75 Å². The molecule has 0 heterocycles. The largest absolute Gasteiger partial charge is 0.410 e. The quantitative estimate of drug-likeness (QED) is 0.369. The normalized spacial score (nSPS) is 12.2. The number of hydrogen-bond acceptors (Lipinski definition) is 5. The summed E-state index contributed by atoms with van der Waals surface area (Å²) >= 11 is 0. The van der Waals surface area contributed by atoms with Crippen molar-refractivity contribution in [3.05, 3.63) is 35.9 Å². The van der Waals surface area contributed by atoms with Crippen LogP contribution in [0.4, 0.5) is 0 Å². The Balaban J connectivity index is 2.54. The zero-order valence-corrected chi connectivity index (χ0v) is 10.9. The number of hydrogen-bond donors (Lipinski definition) is 3. The Morgan fingerprint density at radius 1 is 1.32 bits per heavy atom. The van der Waals surface area contributed by atoms with Gasteiger partial charge in [-0.1, -0.05) is 35.5 Å². The van der Waals surface area contributed by atoms with Crippen molar-refractivity contribution in [2.75, 3.05) is 12.3 Å². The highest BCUT2D eigenvalue weighted by Crippen LogP contribution is 2.01. The van der Waals surface area contributed by atoms with Crippen molar-refractivity contribution in [1.82, 2.24) is 5.32 Å². The molecule has 0 fully saturated rings. The summed E-state index contributed by atoms with van der Waals surface area (Å²) in [4.78, 5) is 11.6. The molecule has 0 saturated carbocycles. The smallest absolute Gasteiger partial charge is 0.269 e. The third-order valence-corrected chi connectivity index (χ3v) is 3.04. The molecule has 1 amide bonds. The van der Waals surface area contributed by atoms with Crippen LogP contribution >= 0.6 is 0 Å². The maximum absolute atomic E-state index is 11.6. The van der Waals surface area contributed by atoms with Gasteiger partial charge >= 0.3 is 0 Å². The predicted molar refractivity (Wildman–Crippen MR) is 70.4 cm³/mol. The number of oxime groups is 1. The first-order chi connectivity index (χ1) is 8.92. The van der Waals surface area contributed by atoms with Crippen LogP contribution in [0.25, 0.3) is 0 Å². The highest BCUT2D eigenvalue weighted by molar-refractivity contribution is 7.89. The van der Waals surface area contributed by atoms with Crippen molar-refractivity contribution in [1.29, 1.82) is 0 Å². The summed E-state index contributed by atoms with van der Waals surface area (Å²) in [5, 5.41) is 18.8. The van der Waals surface area contributed by atoms with Gasteiger partial charge in [0.25, 0.3) is 5.91 Å². The van der Waals surface area contributed by atoms with Gasteiger partial charge in [0.1, 0.15) is 5.71 Å². The summed E-state index contributed by atoms with van der Waals surface area (Å²) < 4.78 is 21.4. The number of carbonyl (C=O) groups is 1. The van der Waals surface area contributed by atoms with Crippen LogP contribution in [0.2, 0.25) is 0 Å². The van der Waals surface area contributed by atoms with Crippen LogP contribution < -0.4 is 10.5 Å². The molecule has 0 atom stereocenters. The van der Waals surface area contributed by atoms with Crippen LogP contribution in [0.5, 0.6) is 0 Å². The van der Waals surface area contributed by atoms with Crippen LogP contribution in [0, 0.1) is 0 Å². The zero-order chi connectivity index (χ0) is 14.3. The lowest BCUT2D eigenvalue weighted by Gasteiger charge is -2.06. The molecule has 4 N–H and O–H groups in total. The lowest BCUT2D eigenvalue weighted by atomic mass is 10.1. The summed E-state index contributed by atoms with van der Waals surface area (Å²) in [6, 6.07) is 8.98. The first-order valence-corrected chi connectivity index (χ1v) is 7.17. The number of amides is 1. The average Bonchev–Trinajstić information content (AvgIpc) is 2.35. The molecule has 1 rings (SSSR count). The molecule has 7 nitrogen and oxygen atoms in total. The van der Waals surface area contributed by atoms with Crippen LogP contribution in [0.3, 0.4) is 0 Å². The van der Waals surface area contributed by atoms with Gasteiger partial charge in [-0.05, 0) is 5.56 Å². The molecular weight excluding hydrogens is 270 g/mol. The molecule has 0 aromatic heterocycles. The standard InChI is InChI=1S/C11H15N3O4S/c12-19(17,18)7-6-13-11(15)10(14-16)8-9-4-2-1-3-5-9/h1-5,16H,6-8H2,(H,13,15)(H2,12,17,18)/b14-10+. The number of nitrogens with one attached hydrogen (secondary N) is 1. The molecule has 1 aromatic rings. The molecule has 8 heteroatoms. The van der Waals surface area contributed by atoms with E-state index in [0.717, 1.165) is 5.56 Å². The maximum Gasteiger partial charge on any atom is 0.269 e. The van der Waals surface area contributed by atoms with E-state index in [9.17, 15) is 13.2 Å². The Labute approximate surface area is 111 Å². The van der Waals surface area contributed by atoms with Crippen molar-refractivity contribution >= 4 is 21.6 Å². The fraction of sp³-hybridized carbons (Fsp3) is 0.273. The second-order valence-corrected chi connectivity index (χ2v) is 5.57. The molecule has 19 heavy (non-hydrogen) atoms. The van der Waals surface area contributed by atoms with E-state index in [2.05, 4.69) is 10.5 Å². The lowest BCUT2D eigenvalue weighted by Crippen LogP contribution is -2.36. The maximum atomic E-state index is 11.6. The molecule has 0 aliphatic carbocycles. The molecule has 0 radical (unpaired) electrons. The summed E-state index contributed by atoms with van der Waals surface area (Å²) in [5.74, 6) is -1.00. The SMILES string of the molecule is NS(=O)(=O)CCNC(=O)/C(Cc1ccccc1)=N/O. The van der Waals surface area contributed by atoms with Gasteiger partial charge in [-0.2, -0.15) is 0 Å². The number of benzene rings is 1. The first kappa shape index (κ1) is 15.1. The van der Waals surface area contributed by atoms with Crippen molar-refractivity contribution in [3.8, 4) is 0 Å². The van der Waals surface area contributed by atoms with Gasteiger partial charge in [-0.25, -0.2) is 13.6 Å². The van der Waals surface area contributed by atoms with Gasteiger partial charge in [0.15, 0.2) is 0 Å². The van der Waals surface area contributed by atoms with E-state index in [-0.39, 0.29) is 24.4 Å². The van der Waals surface area contributed by atoms with Crippen LogP contribution in [0.15, 0.2) is 35.5 Å². The molecule has 104 valence electrons. The summed E-state index contributed by atoms with van der Waals surface area (Å²) in [6.07, 6.45) is 0.151. The van der Waals surface area contributed by atoms with E-state index < -0.39 is 15.9 Å². The first-order valence-electron chi connectivity index (χ1n) is 5.46. The fourth-order valence-corrected chi connectivity index (χ4v) is 1.75. The molecule has 0 aliphatic heterocycles. The highest BCUT2D eigenvalue weighted by atomic mass is 32.2. The van der Waals surface area contributed by atoms with Crippen LogP contribution in [-0.4, -0.2) is 37.5 Å². The van der Waals surface area contributed by atoms with E-state index in [1.54, 1.807) is 24.3 Å². The topological polar surface area (TPSA) is 122 Å². The minimum absolute atomic E-state index is 0.0966. The number of primary sulfonamides is 1. The summed E-state index contributed by atoms with van der Waals surface area (Å²) in [6.45, 7) is -0.133. The summed E-state index contributed by atoms with van der Waals surface area (Å²) in [5.41, 5.74) is 0.706. The molecular formula is C11H15N3O4S. The molecule has 0 aliphatic rings. The second kappa shape index (κ2) is 6.86. The van der Waals surface area contributed by atoms with Gasteiger partial charge in [-0.3, -0.25) is 4.79 Å². The molecule has 1 aromatic carbocycles. The van der Waals surface area contributed by atoms with Gasteiger partial charge in [-0.15, -0.1) is 0 Å². The average molecular weight is 285 g/mol. The van der Waals surface area contributed by atoms with Gasteiger partial charge < -0.3 is 10.5 Å². The molecule has 0 spiro atoms. The van der Waals surface area contributed by atoms with Gasteiger partial charge in [0, 0.05) is 13.0 Å². The van der Waals surface area contributed by atoms with Crippen molar-refractivity contribution in [2.24, 2.45) is 10.3 Å². The van der Waals surface area contributed by atoms with Crippen molar-refractivity contribution in [3.63, 3.8) is 0 Å². The Morgan fingerprint density at radius 2 is 1.95 bits per heavy atom. The summed E-state index contributed by atoms with van der Waals surface area (Å²) in [7, 11) is -3.63. The number of rotatable bonds is 6. The number of sulfonamides is 1. The minimum Gasteiger partial charge on any atom is -0.410 e. The van der Waals surface area contributed by atoms with E-state index in [1.165, 1.54) is 0 Å².